The first-order chi connectivity index (χ1) is 10.6. The van der Waals surface area contributed by atoms with Crippen LogP contribution in [-0.2, 0) is 4.79 Å². The van der Waals surface area contributed by atoms with E-state index in [1.807, 2.05) is 13.1 Å². The molecule has 1 aromatic heterocycles. The molecule has 2 heterocycles. The normalized spacial score (nSPS) is 20.2. The molecule has 1 amide bonds. The third-order valence-electron chi connectivity index (χ3n) is 5.02. The summed E-state index contributed by atoms with van der Waals surface area (Å²) in [6.07, 6.45) is 7.72. The van der Waals surface area contributed by atoms with Crippen molar-refractivity contribution in [2.45, 2.75) is 39.0 Å². The Kier molecular flexibility index (Phi) is 4.50. The van der Waals surface area contributed by atoms with Crippen LogP contribution in [0.4, 0.5) is 11.5 Å². The second kappa shape index (κ2) is 6.55. The van der Waals surface area contributed by atoms with Crippen LogP contribution in [0, 0.1) is 12.8 Å². The van der Waals surface area contributed by atoms with E-state index in [0.717, 1.165) is 50.3 Å². The second-order valence-corrected chi connectivity index (χ2v) is 6.54. The van der Waals surface area contributed by atoms with Gasteiger partial charge in [0.15, 0.2) is 0 Å². The van der Waals surface area contributed by atoms with Crippen molar-refractivity contribution in [2.24, 2.45) is 5.92 Å². The molecule has 22 heavy (non-hydrogen) atoms. The summed E-state index contributed by atoms with van der Waals surface area (Å²) in [6.45, 7) is 5.37. The van der Waals surface area contributed by atoms with E-state index in [4.69, 9.17) is 5.73 Å². The van der Waals surface area contributed by atoms with Crippen LogP contribution in [0.15, 0.2) is 12.3 Å². The standard InChI is InChI=1S/C17H26N4O/c1-13-11-15(12-19-16(13)18)20-7-9-21(10-8-20)17(22)14-5-3-2-4-6-14/h11-12,14H,2-10H2,1H3,(H2,18,19). The van der Waals surface area contributed by atoms with Crippen LogP contribution in [0.25, 0.3) is 0 Å². The molecule has 120 valence electrons. The highest BCUT2D eigenvalue weighted by Crippen LogP contribution is 2.26. The van der Waals surface area contributed by atoms with Gasteiger partial charge in [-0.25, -0.2) is 4.98 Å². The Balaban J connectivity index is 1.57. The predicted molar refractivity (Wildman–Crippen MR) is 88.8 cm³/mol. The third kappa shape index (κ3) is 3.18. The van der Waals surface area contributed by atoms with Gasteiger partial charge in [-0.1, -0.05) is 19.3 Å². The molecule has 3 rings (SSSR count). The quantitative estimate of drug-likeness (QED) is 0.910. The second-order valence-electron chi connectivity index (χ2n) is 6.54. The largest absolute Gasteiger partial charge is 0.383 e. The molecule has 1 saturated carbocycles. The molecule has 0 radical (unpaired) electrons. The third-order valence-corrected chi connectivity index (χ3v) is 5.02. The number of pyridine rings is 1. The topological polar surface area (TPSA) is 62.5 Å². The summed E-state index contributed by atoms with van der Waals surface area (Å²) in [4.78, 5) is 21.2. The number of anilines is 2. The van der Waals surface area contributed by atoms with Gasteiger partial charge in [-0.05, 0) is 31.4 Å². The summed E-state index contributed by atoms with van der Waals surface area (Å²) in [7, 11) is 0. The Morgan fingerprint density at radius 1 is 1.18 bits per heavy atom. The number of aryl methyl sites for hydroxylation is 1. The van der Waals surface area contributed by atoms with E-state index in [0.29, 0.717) is 11.7 Å². The van der Waals surface area contributed by atoms with Gasteiger partial charge in [-0.15, -0.1) is 0 Å². The van der Waals surface area contributed by atoms with Gasteiger partial charge in [-0.2, -0.15) is 0 Å². The lowest BCUT2D eigenvalue weighted by Crippen LogP contribution is -2.50. The molecule has 0 atom stereocenters. The van der Waals surface area contributed by atoms with Gasteiger partial charge >= 0.3 is 0 Å². The fourth-order valence-electron chi connectivity index (χ4n) is 3.54. The Bertz CT molecular complexity index is 531. The average molecular weight is 302 g/mol. The van der Waals surface area contributed by atoms with Gasteiger partial charge < -0.3 is 15.5 Å². The molecule has 1 aliphatic carbocycles. The van der Waals surface area contributed by atoms with Crippen LogP contribution in [-0.4, -0.2) is 42.0 Å². The van der Waals surface area contributed by atoms with Crippen LogP contribution in [0.1, 0.15) is 37.7 Å². The maximum absolute atomic E-state index is 12.6. The number of hydrogen-bond donors (Lipinski definition) is 1. The molecule has 0 aromatic carbocycles. The maximum atomic E-state index is 12.6. The van der Waals surface area contributed by atoms with Crippen LogP contribution in [0.2, 0.25) is 0 Å². The highest BCUT2D eigenvalue weighted by molar-refractivity contribution is 5.79. The molecule has 0 bridgehead atoms. The summed E-state index contributed by atoms with van der Waals surface area (Å²) in [5.74, 6) is 1.25. The first-order valence-electron chi connectivity index (χ1n) is 8.41. The first-order valence-corrected chi connectivity index (χ1v) is 8.41. The molecule has 2 aliphatic rings. The number of hydrogen-bond acceptors (Lipinski definition) is 4. The fraction of sp³-hybridized carbons (Fsp3) is 0.647. The van der Waals surface area contributed by atoms with Gasteiger partial charge in [0.2, 0.25) is 5.91 Å². The van der Waals surface area contributed by atoms with Crippen LogP contribution in [0.3, 0.4) is 0 Å². The molecule has 5 nitrogen and oxygen atoms in total. The van der Waals surface area contributed by atoms with E-state index in [-0.39, 0.29) is 5.92 Å². The Labute approximate surface area is 132 Å². The number of rotatable bonds is 2. The number of nitrogen functional groups attached to an aromatic ring is 1. The zero-order valence-electron chi connectivity index (χ0n) is 13.4. The lowest BCUT2D eigenvalue weighted by atomic mass is 9.88. The van der Waals surface area contributed by atoms with Crippen molar-refractivity contribution in [3.05, 3.63) is 17.8 Å². The summed E-state index contributed by atoms with van der Waals surface area (Å²) in [5.41, 5.74) is 7.90. The first kappa shape index (κ1) is 15.1. The number of carbonyl (C=O) groups excluding carboxylic acids is 1. The van der Waals surface area contributed by atoms with Crippen LogP contribution >= 0.6 is 0 Å². The fourth-order valence-corrected chi connectivity index (χ4v) is 3.54. The van der Waals surface area contributed by atoms with E-state index < -0.39 is 0 Å². The predicted octanol–water partition coefficient (Wildman–Crippen LogP) is 2.20. The SMILES string of the molecule is Cc1cc(N2CCN(C(=O)C3CCCCC3)CC2)cnc1N. The summed E-state index contributed by atoms with van der Waals surface area (Å²) < 4.78 is 0. The minimum Gasteiger partial charge on any atom is -0.383 e. The highest BCUT2D eigenvalue weighted by Gasteiger charge is 2.28. The van der Waals surface area contributed by atoms with Gasteiger partial charge in [-0.3, -0.25) is 4.79 Å². The minimum atomic E-state index is 0.278. The summed E-state index contributed by atoms with van der Waals surface area (Å²) in [6, 6.07) is 2.08. The van der Waals surface area contributed by atoms with Crippen molar-refractivity contribution in [2.75, 3.05) is 36.8 Å². The number of nitrogens with two attached hydrogens (primary N) is 1. The number of amides is 1. The van der Waals surface area contributed by atoms with E-state index >= 15 is 0 Å². The van der Waals surface area contributed by atoms with Crippen molar-refractivity contribution in [1.29, 1.82) is 0 Å². The molecule has 1 aromatic rings. The van der Waals surface area contributed by atoms with Crippen molar-refractivity contribution in [1.82, 2.24) is 9.88 Å². The van der Waals surface area contributed by atoms with Crippen molar-refractivity contribution in [3.63, 3.8) is 0 Å². The number of aromatic nitrogens is 1. The van der Waals surface area contributed by atoms with Gasteiger partial charge in [0, 0.05) is 32.1 Å². The molecule has 1 aliphatic heterocycles. The molecule has 2 fully saturated rings. The lowest BCUT2D eigenvalue weighted by molar-refractivity contribution is -0.136. The molecule has 1 saturated heterocycles. The molecular weight excluding hydrogens is 276 g/mol. The van der Waals surface area contributed by atoms with Crippen LogP contribution < -0.4 is 10.6 Å². The minimum absolute atomic E-state index is 0.278. The van der Waals surface area contributed by atoms with Gasteiger partial charge in [0.25, 0.3) is 0 Å². The van der Waals surface area contributed by atoms with Crippen molar-refractivity contribution >= 4 is 17.4 Å². The number of piperazine rings is 1. The average Bonchev–Trinajstić information content (AvgIpc) is 2.58. The van der Waals surface area contributed by atoms with E-state index in [1.54, 1.807) is 0 Å². The van der Waals surface area contributed by atoms with Crippen molar-refractivity contribution in [3.8, 4) is 0 Å². The summed E-state index contributed by atoms with van der Waals surface area (Å²) in [5, 5.41) is 0. The Hall–Kier alpha value is -1.78. The monoisotopic (exact) mass is 302 g/mol. The van der Waals surface area contributed by atoms with Crippen LogP contribution in [0.5, 0.6) is 0 Å². The number of nitrogens with zero attached hydrogens (tertiary/aromatic N) is 3. The van der Waals surface area contributed by atoms with Gasteiger partial charge in [0.05, 0.1) is 11.9 Å². The Morgan fingerprint density at radius 3 is 2.50 bits per heavy atom. The number of carbonyl (C=O) groups is 1. The molecule has 2 N–H and O–H groups in total. The van der Waals surface area contributed by atoms with E-state index in [9.17, 15) is 4.79 Å². The molecule has 0 unspecified atom stereocenters. The molecule has 5 heteroatoms. The smallest absolute Gasteiger partial charge is 0.225 e. The van der Waals surface area contributed by atoms with Crippen molar-refractivity contribution < 1.29 is 4.79 Å². The highest BCUT2D eigenvalue weighted by atomic mass is 16.2. The summed E-state index contributed by atoms with van der Waals surface area (Å²) >= 11 is 0. The molecule has 0 spiro atoms. The zero-order chi connectivity index (χ0) is 15.5. The van der Waals surface area contributed by atoms with Gasteiger partial charge in [0.1, 0.15) is 5.82 Å². The van der Waals surface area contributed by atoms with E-state index in [1.165, 1.54) is 19.3 Å². The zero-order valence-corrected chi connectivity index (χ0v) is 13.4. The lowest BCUT2D eigenvalue weighted by Gasteiger charge is -2.38. The Morgan fingerprint density at radius 2 is 1.86 bits per heavy atom. The molecular formula is C17H26N4O. The van der Waals surface area contributed by atoms with E-state index in [2.05, 4.69) is 20.9 Å². The maximum Gasteiger partial charge on any atom is 0.225 e.